The number of aromatic nitrogens is 3. The van der Waals surface area contributed by atoms with Crippen molar-refractivity contribution in [2.45, 2.75) is 33.9 Å². The maximum atomic E-state index is 11.2. The molecule has 0 aliphatic carbocycles. The fraction of sp³-hybridized carbons (Fsp3) is 0.381. The molecule has 0 aliphatic heterocycles. The van der Waals surface area contributed by atoms with Crippen molar-refractivity contribution in [2.75, 3.05) is 11.9 Å². The summed E-state index contributed by atoms with van der Waals surface area (Å²) in [6.07, 6.45) is 3.98. The number of carbonyl (C=O) groups is 1. The molecule has 27 heavy (non-hydrogen) atoms. The summed E-state index contributed by atoms with van der Waals surface area (Å²) in [6, 6.07) is 9.94. The van der Waals surface area contributed by atoms with E-state index in [9.17, 15) is 4.79 Å². The lowest BCUT2D eigenvalue weighted by atomic mass is 10.1. The molecule has 1 amide bonds. The number of nitrogens with zero attached hydrogens (tertiary/aromatic N) is 4. The average Bonchev–Trinajstić information content (AvgIpc) is 2.98. The average molecular weight is 365 g/mol. The molecule has 3 aromatic rings. The van der Waals surface area contributed by atoms with Crippen LogP contribution in [0.3, 0.4) is 0 Å². The molecule has 6 nitrogen and oxygen atoms in total. The Kier molecular flexibility index (Phi) is 5.86. The first-order chi connectivity index (χ1) is 12.9. The molecule has 0 unspecified atom stereocenters. The Morgan fingerprint density at radius 3 is 2.70 bits per heavy atom. The topological polar surface area (TPSA) is 63.1 Å². The van der Waals surface area contributed by atoms with Gasteiger partial charge in [0.05, 0.1) is 17.4 Å². The third-order valence-electron chi connectivity index (χ3n) is 4.24. The van der Waals surface area contributed by atoms with Gasteiger partial charge in [-0.3, -0.25) is 19.4 Å². The Morgan fingerprint density at radius 2 is 2.04 bits per heavy atom. The van der Waals surface area contributed by atoms with Crippen LogP contribution in [0.4, 0.5) is 5.69 Å². The molecule has 1 N–H and O–H groups in total. The highest BCUT2D eigenvalue weighted by Gasteiger charge is 2.12. The number of fused-ring (bicyclic) bond motifs is 1. The van der Waals surface area contributed by atoms with Gasteiger partial charge in [0.15, 0.2) is 0 Å². The van der Waals surface area contributed by atoms with Crippen LogP contribution in [0.15, 0.2) is 42.7 Å². The summed E-state index contributed by atoms with van der Waals surface area (Å²) in [7, 11) is 1.94. The van der Waals surface area contributed by atoms with Crippen molar-refractivity contribution < 1.29 is 4.79 Å². The Balaban J connectivity index is 1.78. The molecule has 142 valence electrons. The Bertz CT molecular complexity index is 931. The highest BCUT2D eigenvalue weighted by atomic mass is 16.1. The maximum Gasteiger partial charge on any atom is 0.221 e. The van der Waals surface area contributed by atoms with E-state index >= 15 is 0 Å². The second-order valence-corrected chi connectivity index (χ2v) is 7.48. The lowest BCUT2D eigenvalue weighted by molar-refractivity contribution is -0.114. The summed E-state index contributed by atoms with van der Waals surface area (Å²) in [5, 5.41) is 8.10. The minimum atomic E-state index is -0.0707. The van der Waals surface area contributed by atoms with Gasteiger partial charge in [-0.05, 0) is 30.2 Å². The number of carbonyl (C=O) groups excluding carboxylic acids is 1. The largest absolute Gasteiger partial charge is 0.326 e. The van der Waals surface area contributed by atoms with Crippen LogP contribution in [0, 0.1) is 5.92 Å². The Hall–Kier alpha value is -2.73. The van der Waals surface area contributed by atoms with Gasteiger partial charge < -0.3 is 5.32 Å². The molecule has 0 atom stereocenters. The van der Waals surface area contributed by atoms with Crippen molar-refractivity contribution in [3.8, 4) is 0 Å². The van der Waals surface area contributed by atoms with Gasteiger partial charge in [-0.25, -0.2) is 0 Å². The molecular formula is C21H27N5O. The normalized spacial score (nSPS) is 11.5. The molecule has 3 rings (SSSR count). The highest BCUT2D eigenvalue weighted by molar-refractivity contribution is 5.92. The van der Waals surface area contributed by atoms with Gasteiger partial charge >= 0.3 is 0 Å². The first-order valence-corrected chi connectivity index (χ1v) is 9.26. The number of benzene rings is 1. The van der Waals surface area contributed by atoms with Crippen molar-refractivity contribution in [1.29, 1.82) is 0 Å². The fourth-order valence-corrected chi connectivity index (χ4v) is 3.28. The Labute approximate surface area is 160 Å². The van der Waals surface area contributed by atoms with E-state index in [1.54, 1.807) is 0 Å². The van der Waals surface area contributed by atoms with E-state index in [0.29, 0.717) is 5.92 Å². The second kappa shape index (κ2) is 8.31. The zero-order chi connectivity index (χ0) is 19.4. The summed E-state index contributed by atoms with van der Waals surface area (Å²) >= 11 is 0. The zero-order valence-corrected chi connectivity index (χ0v) is 16.4. The molecule has 2 aromatic heterocycles. The molecule has 2 heterocycles. The van der Waals surface area contributed by atoms with Gasteiger partial charge in [-0.2, -0.15) is 5.10 Å². The lowest BCUT2D eigenvalue weighted by Gasteiger charge is -2.23. The van der Waals surface area contributed by atoms with E-state index in [-0.39, 0.29) is 5.91 Å². The molecule has 0 saturated carbocycles. The van der Waals surface area contributed by atoms with Gasteiger partial charge in [0.25, 0.3) is 0 Å². The van der Waals surface area contributed by atoms with E-state index in [0.717, 1.165) is 41.9 Å². The molecular weight excluding hydrogens is 338 g/mol. The summed E-state index contributed by atoms with van der Waals surface area (Å²) in [5.41, 5.74) is 3.98. The zero-order valence-electron chi connectivity index (χ0n) is 16.4. The van der Waals surface area contributed by atoms with E-state index < -0.39 is 0 Å². The number of anilines is 1. The predicted molar refractivity (Wildman–Crippen MR) is 108 cm³/mol. The van der Waals surface area contributed by atoms with Crippen molar-refractivity contribution in [3.05, 3.63) is 54.0 Å². The van der Waals surface area contributed by atoms with Crippen LogP contribution < -0.4 is 5.32 Å². The number of aryl methyl sites for hydroxylation is 1. The maximum absolute atomic E-state index is 11.2. The number of rotatable bonds is 7. The molecule has 0 bridgehead atoms. The van der Waals surface area contributed by atoms with Gasteiger partial charge in [-0.1, -0.05) is 19.9 Å². The van der Waals surface area contributed by atoms with Crippen LogP contribution in [0.5, 0.6) is 0 Å². The Morgan fingerprint density at radius 1 is 1.22 bits per heavy atom. The van der Waals surface area contributed by atoms with E-state index in [1.165, 1.54) is 12.5 Å². The van der Waals surface area contributed by atoms with E-state index in [4.69, 9.17) is 4.98 Å². The quantitative estimate of drug-likeness (QED) is 0.695. The number of nitrogens with one attached hydrogen (secondary N) is 1. The highest BCUT2D eigenvalue weighted by Crippen LogP contribution is 2.19. The van der Waals surface area contributed by atoms with Crippen LogP contribution in [-0.2, 0) is 24.9 Å². The van der Waals surface area contributed by atoms with Crippen LogP contribution in [0.1, 0.15) is 32.0 Å². The molecule has 0 radical (unpaired) electrons. The van der Waals surface area contributed by atoms with Gasteiger partial charge in [0, 0.05) is 56.4 Å². The minimum Gasteiger partial charge on any atom is -0.326 e. The number of amides is 1. The molecule has 0 aliphatic rings. The molecule has 0 fully saturated rings. The summed E-state index contributed by atoms with van der Waals surface area (Å²) in [6.45, 7) is 8.61. The monoisotopic (exact) mass is 365 g/mol. The second-order valence-electron chi connectivity index (χ2n) is 7.48. The molecule has 1 aromatic carbocycles. The van der Waals surface area contributed by atoms with Gasteiger partial charge in [0.1, 0.15) is 0 Å². The minimum absolute atomic E-state index is 0.0707. The lowest BCUT2D eigenvalue weighted by Crippen LogP contribution is -2.27. The third-order valence-corrected chi connectivity index (χ3v) is 4.24. The third kappa shape index (κ3) is 5.37. The molecule has 0 saturated heterocycles. The summed E-state index contributed by atoms with van der Waals surface area (Å²) < 4.78 is 1.84. The van der Waals surface area contributed by atoms with E-state index in [1.807, 2.05) is 36.1 Å². The summed E-state index contributed by atoms with van der Waals surface area (Å²) in [5.74, 6) is 0.501. The number of hydrogen-bond acceptors (Lipinski definition) is 4. The summed E-state index contributed by atoms with van der Waals surface area (Å²) in [4.78, 5) is 18.4. The molecule has 0 spiro atoms. The van der Waals surface area contributed by atoms with Crippen LogP contribution in [0.2, 0.25) is 0 Å². The van der Waals surface area contributed by atoms with Crippen LogP contribution in [0.25, 0.3) is 10.9 Å². The van der Waals surface area contributed by atoms with Crippen LogP contribution >= 0.6 is 0 Å². The fourth-order valence-electron chi connectivity index (χ4n) is 3.28. The first kappa shape index (κ1) is 19.0. The SMILES string of the molecule is CC(=O)Nc1ccc2nc(CN(Cc3cnn(C)c3)CC(C)C)ccc2c1. The van der Waals surface area contributed by atoms with Crippen molar-refractivity contribution in [1.82, 2.24) is 19.7 Å². The molecule has 6 heteroatoms. The van der Waals surface area contributed by atoms with Crippen LogP contribution in [-0.4, -0.2) is 32.1 Å². The van der Waals surface area contributed by atoms with Gasteiger partial charge in [-0.15, -0.1) is 0 Å². The smallest absolute Gasteiger partial charge is 0.221 e. The predicted octanol–water partition coefficient (Wildman–Crippen LogP) is 3.58. The van der Waals surface area contributed by atoms with Crippen molar-refractivity contribution in [3.63, 3.8) is 0 Å². The number of pyridine rings is 1. The first-order valence-electron chi connectivity index (χ1n) is 9.26. The van der Waals surface area contributed by atoms with Crippen molar-refractivity contribution >= 4 is 22.5 Å². The van der Waals surface area contributed by atoms with E-state index in [2.05, 4.69) is 47.5 Å². The van der Waals surface area contributed by atoms with Crippen molar-refractivity contribution in [2.24, 2.45) is 13.0 Å². The number of hydrogen-bond donors (Lipinski definition) is 1. The standard InChI is InChI=1S/C21H27N5O/c1-15(2)11-26(13-17-10-22-25(4)12-17)14-20-6-5-18-9-19(23-16(3)27)7-8-21(18)24-20/h5-10,12,15H,11,13-14H2,1-4H3,(H,23,27). The van der Waals surface area contributed by atoms with Gasteiger partial charge in [0.2, 0.25) is 5.91 Å².